The monoisotopic (exact) mass is 241 g/mol. The molecule has 1 aromatic heterocycles. The van der Waals surface area contributed by atoms with Gasteiger partial charge >= 0.3 is 0 Å². The van der Waals surface area contributed by atoms with E-state index in [0.717, 1.165) is 24.7 Å². The Kier molecular flexibility index (Phi) is 5.95. The average Bonchev–Trinajstić information content (AvgIpc) is 2.64. The van der Waals surface area contributed by atoms with Crippen molar-refractivity contribution in [2.45, 2.75) is 32.9 Å². The van der Waals surface area contributed by atoms with Crippen LogP contribution in [0.1, 0.15) is 26.0 Å². The Labute approximate surface area is 103 Å². The van der Waals surface area contributed by atoms with Gasteiger partial charge in [-0.1, -0.05) is 13.8 Å². The highest BCUT2D eigenvalue weighted by Crippen LogP contribution is 2.07. The summed E-state index contributed by atoms with van der Waals surface area (Å²) < 4.78 is 0. The standard InChI is InChI=1S/C12H23N3S/c1-10(2)5-11(7-15(3)4)13-6-12-8-16-9-14-12/h8-11,13H,5-7H2,1-4H3. The maximum absolute atomic E-state index is 4.29. The van der Waals surface area contributed by atoms with Gasteiger partial charge in [0.15, 0.2) is 0 Å². The van der Waals surface area contributed by atoms with Crippen LogP contribution in [-0.4, -0.2) is 36.6 Å². The van der Waals surface area contributed by atoms with Crippen molar-refractivity contribution in [3.63, 3.8) is 0 Å². The Balaban J connectivity index is 2.37. The number of hydrogen-bond donors (Lipinski definition) is 1. The first kappa shape index (κ1) is 13.6. The Morgan fingerprint density at radius 1 is 1.44 bits per heavy atom. The number of nitrogens with zero attached hydrogens (tertiary/aromatic N) is 2. The molecule has 0 radical (unpaired) electrons. The third-order valence-electron chi connectivity index (χ3n) is 2.40. The summed E-state index contributed by atoms with van der Waals surface area (Å²) in [5, 5.41) is 5.69. The van der Waals surface area contributed by atoms with Crippen LogP contribution in [0.4, 0.5) is 0 Å². The summed E-state index contributed by atoms with van der Waals surface area (Å²) in [5.41, 5.74) is 3.04. The van der Waals surface area contributed by atoms with Crippen LogP contribution >= 0.6 is 11.3 Å². The van der Waals surface area contributed by atoms with Crippen molar-refractivity contribution in [3.05, 3.63) is 16.6 Å². The fraction of sp³-hybridized carbons (Fsp3) is 0.750. The lowest BCUT2D eigenvalue weighted by Gasteiger charge is -2.23. The van der Waals surface area contributed by atoms with E-state index in [2.05, 4.69) is 48.5 Å². The molecule has 0 fully saturated rings. The lowest BCUT2D eigenvalue weighted by Crippen LogP contribution is -2.38. The first-order chi connectivity index (χ1) is 7.58. The largest absolute Gasteiger partial charge is 0.308 e. The summed E-state index contributed by atoms with van der Waals surface area (Å²) in [6, 6.07) is 0.552. The van der Waals surface area contributed by atoms with Crippen LogP contribution in [0, 0.1) is 5.92 Å². The van der Waals surface area contributed by atoms with Crippen LogP contribution in [0.3, 0.4) is 0 Å². The zero-order valence-corrected chi connectivity index (χ0v) is 11.5. The molecule has 1 aromatic rings. The van der Waals surface area contributed by atoms with Crippen LogP contribution in [0.5, 0.6) is 0 Å². The molecular formula is C12H23N3S. The summed E-state index contributed by atoms with van der Waals surface area (Å²) >= 11 is 1.66. The van der Waals surface area contributed by atoms with Crippen LogP contribution in [-0.2, 0) is 6.54 Å². The molecule has 4 heteroatoms. The number of likely N-dealkylation sites (N-methyl/N-ethyl adjacent to an activating group) is 1. The predicted molar refractivity (Wildman–Crippen MR) is 70.8 cm³/mol. The van der Waals surface area contributed by atoms with Gasteiger partial charge in [-0.3, -0.25) is 0 Å². The third-order valence-corrected chi connectivity index (χ3v) is 3.03. The molecular weight excluding hydrogens is 218 g/mol. The normalized spacial score (nSPS) is 13.6. The average molecular weight is 241 g/mol. The first-order valence-electron chi connectivity index (χ1n) is 5.83. The van der Waals surface area contributed by atoms with Crippen molar-refractivity contribution in [2.24, 2.45) is 5.92 Å². The Hall–Kier alpha value is -0.450. The van der Waals surface area contributed by atoms with Gasteiger partial charge in [-0.25, -0.2) is 4.98 Å². The molecule has 3 nitrogen and oxygen atoms in total. The van der Waals surface area contributed by atoms with Crippen molar-refractivity contribution >= 4 is 11.3 Å². The molecule has 0 bridgehead atoms. The van der Waals surface area contributed by atoms with Crippen molar-refractivity contribution in [2.75, 3.05) is 20.6 Å². The molecule has 0 saturated carbocycles. The molecule has 1 heterocycles. The minimum absolute atomic E-state index is 0.552. The Morgan fingerprint density at radius 3 is 2.69 bits per heavy atom. The number of nitrogens with one attached hydrogen (secondary N) is 1. The number of aromatic nitrogens is 1. The van der Waals surface area contributed by atoms with E-state index in [1.807, 2.05) is 5.51 Å². The minimum Gasteiger partial charge on any atom is -0.308 e. The highest BCUT2D eigenvalue weighted by atomic mass is 32.1. The summed E-state index contributed by atoms with van der Waals surface area (Å²) in [6.07, 6.45) is 1.21. The van der Waals surface area contributed by atoms with E-state index in [0.29, 0.717) is 6.04 Å². The van der Waals surface area contributed by atoms with E-state index in [1.54, 1.807) is 11.3 Å². The van der Waals surface area contributed by atoms with Gasteiger partial charge in [0.2, 0.25) is 0 Å². The highest BCUT2D eigenvalue weighted by Gasteiger charge is 2.11. The molecule has 0 amide bonds. The van der Waals surface area contributed by atoms with Gasteiger partial charge in [-0.2, -0.15) is 0 Å². The van der Waals surface area contributed by atoms with Gasteiger partial charge in [0.25, 0.3) is 0 Å². The Morgan fingerprint density at radius 2 is 2.19 bits per heavy atom. The summed E-state index contributed by atoms with van der Waals surface area (Å²) in [5.74, 6) is 0.730. The smallest absolute Gasteiger partial charge is 0.0795 e. The number of hydrogen-bond acceptors (Lipinski definition) is 4. The molecule has 1 N–H and O–H groups in total. The molecule has 0 spiro atoms. The zero-order valence-electron chi connectivity index (χ0n) is 10.7. The van der Waals surface area contributed by atoms with Crippen molar-refractivity contribution in [3.8, 4) is 0 Å². The quantitative estimate of drug-likeness (QED) is 0.793. The summed E-state index contributed by atoms with van der Waals surface area (Å²) in [6.45, 7) is 6.51. The maximum Gasteiger partial charge on any atom is 0.0795 e. The van der Waals surface area contributed by atoms with Gasteiger partial charge < -0.3 is 10.2 Å². The van der Waals surface area contributed by atoms with E-state index in [4.69, 9.17) is 0 Å². The third kappa shape index (κ3) is 5.58. The molecule has 16 heavy (non-hydrogen) atoms. The SMILES string of the molecule is CC(C)CC(CN(C)C)NCc1cscn1. The fourth-order valence-electron chi connectivity index (χ4n) is 1.81. The second kappa shape index (κ2) is 6.99. The van der Waals surface area contributed by atoms with Crippen molar-refractivity contribution < 1.29 is 0 Å². The lowest BCUT2D eigenvalue weighted by atomic mass is 10.0. The molecule has 0 aromatic carbocycles. The predicted octanol–water partition coefficient (Wildman–Crippen LogP) is 2.21. The van der Waals surface area contributed by atoms with Gasteiger partial charge in [0.1, 0.15) is 0 Å². The second-order valence-corrected chi connectivity index (χ2v) is 5.67. The van der Waals surface area contributed by atoms with Gasteiger partial charge in [-0.15, -0.1) is 11.3 Å². The van der Waals surface area contributed by atoms with Gasteiger partial charge in [0, 0.05) is 24.5 Å². The Bertz CT molecular complexity index is 260. The van der Waals surface area contributed by atoms with E-state index < -0.39 is 0 Å². The minimum atomic E-state index is 0.552. The zero-order chi connectivity index (χ0) is 12.0. The number of thiazole rings is 1. The maximum atomic E-state index is 4.29. The molecule has 92 valence electrons. The van der Waals surface area contributed by atoms with Crippen LogP contribution in [0.15, 0.2) is 10.9 Å². The molecule has 0 aliphatic rings. The summed E-state index contributed by atoms with van der Waals surface area (Å²) in [7, 11) is 4.25. The molecule has 1 unspecified atom stereocenters. The van der Waals surface area contributed by atoms with Crippen molar-refractivity contribution in [1.29, 1.82) is 0 Å². The van der Waals surface area contributed by atoms with Gasteiger partial charge in [0.05, 0.1) is 11.2 Å². The van der Waals surface area contributed by atoms with E-state index >= 15 is 0 Å². The highest BCUT2D eigenvalue weighted by molar-refractivity contribution is 7.07. The fourth-order valence-corrected chi connectivity index (χ4v) is 2.36. The van der Waals surface area contributed by atoms with Crippen molar-refractivity contribution in [1.82, 2.24) is 15.2 Å². The van der Waals surface area contributed by atoms with Crippen LogP contribution in [0.25, 0.3) is 0 Å². The molecule has 1 atom stereocenters. The number of rotatable bonds is 7. The van der Waals surface area contributed by atoms with E-state index in [1.165, 1.54) is 6.42 Å². The van der Waals surface area contributed by atoms with E-state index in [9.17, 15) is 0 Å². The first-order valence-corrected chi connectivity index (χ1v) is 6.77. The summed E-state index contributed by atoms with van der Waals surface area (Å²) in [4.78, 5) is 6.53. The molecule has 0 saturated heterocycles. The topological polar surface area (TPSA) is 28.2 Å². The lowest BCUT2D eigenvalue weighted by molar-refractivity contribution is 0.304. The molecule has 1 rings (SSSR count). The second-order valence-electron chi connectivity index (χ2n) is 4.95. The van der Waals surface area contributed by atoms with Crippen LogP contribution in [0.2, 0.25) is 0 Å². The van der Waals surface area contributed by atoms with E-state index in [-0.39, 0.29) is 0 Å². The van der Waals surface area contributed by atoms with Crippen LogP contribution < -0.4 is 5.32 Å². The molecule has 0 aliphatic heterocycles. The molecule has 0 aliphatic carbocycles. The van der Waals surface area contributed by atoms with Gasteiger partial charge in [-0.05, 0) is 26.4 Å².